The Balaban J connectivity index is 2.00. The van der Waals surface area contributed by atoms with E-state index in [4.69, 9.17) is 23.8 Å². The topological polar surface area (TPSA) is 32.3 Å². The van der Waals surface area contributed by atoms with Gasteiger partial charge in [-0.25, -0.2) is 4.39 Å². The molecular formula is C17H9ClF4N2OS. The van der Waals surface area contributed by atoms with Crippen molar-refractivity contribution in [1.29, 1.82) is 0 Å². The van der Waals surface area contributed by atoms with Gasteiger partial charge in [0.2, 0.25) is 0 Å². The van der Waals surface area contributed by atoms with Crippen LogP contribution in [0.25, 0.3) is 6.08 Å². The Labute approximate surface area is 155 Å². The van der Waals surface area contributed by atoms with Gasteiger partial charge in [0.05, 0.1) is 16.3 Å². The third-order valence-corrected chi connectivity index (χ3v) is 4.17. The standard InChI is InChI=1S/C17H9ClF4N2OS/c18-11-6-5-9(7-12(11)19)8-13-15(25)24(16(26)23-13)14-4-2-1-3-10(14)17(20,21)22/h1-8H,(H,23,26)/b13-8-. The number of benzene rings is 2. The van der Waals surface area contributed by atoms with E-state index >= 15 is 0 Å². The summed E-state index contributed by atoms with van der Waals surface area (Å²) in [6, 6.07) is 8.47. The molecule has 2 aromatic rings. The Morgan fingerprint density at radius 1 is 1.15 bits per heavy atom. The summed E-state index contributed by atoms with van der Waals surface area (Å²) in [6.07, 6.45) is -3.37. The molecular weight excluding hydrogens is 392 g/mol. The normalized spacial score (nSPS) is 16.3. The second-order valence-corrected chi connectivity index (χ2v) is 6.11. The fraction of sp³-hybridized carbons (Fsp3) is 0.0588. The third kappa shape index (κ3) is 3.42. The van der Waals surface area contributed by atoms with Gasteiger partial charge in [0.15, 0.2) is 5.11 Å². The van der Waals surface area contributed by atoms with Crippen molar-refractivity contribution in [3.05, 3.63) is 70.1 Å². The number of nitrogens with zero attached hydrogens (tertiary/aromatic N) is 1. The number of amides is 1. The number of hydrogen-bond acceptors (Lipinski definition) is 2. The molecule has 1 fully saturated rings. The van der Waals surface area contributed by atoms with Crippen LogP contribution in [0.3, 0.4) is 0 Å². The van der Waals surface area contributed by atoms with Crippen molar-refractivity contribution in [2.75, 3.05) is 4.90 Å². The molecule has 0 saturated carbocycles. The summed E-state index contributed by atoms with van der Waals surface area (Å²) < 4.78 is 53.2. The molecule has 3 nitrogen and oxygen atoms in total. The van der Waals surface area contributed by atoms with Crippen LogP contribution in [0.4, 0.5) is 23.2 Å². The Bertz CT molecular complexity index is 943. The van der Waals surface area contributed by atoms with Gasteiger partial charge in [0, 0.05) is 0 Å². The molecule has 0 radical (unpaired) electrons. The van der Waals surface area contributed by atoms with Crippen LogP contribution in [0.15, 0.2) is 48.2 Å². The molecule has 1 aliphatic rings. The number of rotatable bonds is 2. The van der Waals surface area contributed by atoms with Gasteiger partial charge in [-0.2, -0.15) is 13.2 Å². The van der Waals surface area contributed by atoms with E-state index in [0.29, 0.717) is 5.56 Å². The van der Waals surface area contributed by atoms with E-state index in [1.807, 2.05) is 0 Å². The van der Waals surface area contributed by atoms with E-state index in [1.165, 1.54) is 30.3 Å². The highest BCUT2D eigenvalue weighted by Crippen LogP contribution is 2.37. The molecule has 1 saturated heterocycles. The summed E-state index contributed by atoms with van der Waals surface area (Å²) in [5, 5.41) is 2.27. The quantitative estimate of drug-likeness (QED) is 0.448. The number of carbonyl (C=O) groups is 1. The monoisotopic (exact) mass is 400 g/mol. The molecule has 26 heavy (non-hydrogen) atoms. The van der Waals surface area contributed by atoms with Crippen molar-refractivity contribution in [2.24, 2.45) is 0 Å². The highest BCUT2D eigenvalue weighted by Gasteiger charge is 2.40. The fourth-order valence-corrected chi connectivity index (χ4v) is 2.84. The number of para-hydroxylation sites is 1. The van der Waals surface area contributed by atoms with Crippen molar-refractivity contribution in [3.8, 4) is 0 Å². The largest absolute Gasteiger partial charge is 0.418 e. The minimum absolute atomic E-state index is 0.0753. The molecule has 1 amide bonds. The van der Waals surface area contributed by atoms with Gasteiger partial charge in [-0.05, 0) is 48.1 Å². The summed E-state index contributed by atoms with van der Waals surface area (Å²) in [7, 11) is 0. The fourth-order valence-electron chi connectivity index (χ4n) is 2.43. The molecule has 0 atom stereocenters. The molecule has 0 bridgehead atoms. The number of halogens is 5. The average Bonchev–Trinajstić information content (AvgIpc) is 2.84. The van der Waals surface area contributed by atoms with Gasteiger partial charge in [-0.3, -0.25) is 9.69 Å². The Morgan fingerprint density at radius 3 is 2.50 bits per heavy atom. The van der Waals surface area contributed by atoms with Gasteiger partial charge in [-0.15, -0.1) is 0 Å². The second-order valence-electron chi connectivity index (χ2n) is 5.32. The number of carbonyl (C=O) groups excluding carboxylic acids is 1. The molecule has 1 N–H and O–H groups in total. The number of hydrogen-bond donors (Lipinski definition) is 1. The molecule has 0 spiro atoms. The van der Waals surface area contributed by atoms with Gasteiger partial charge in [0.1, 0.15) is 11.5 Å². The lowest BCUT2D eigenvalue weighted by Crippen LogP contribution is -2.32. The number of thiocarbonyl (C=S) groups is 1. The lowest BCUT2D eigenvalue weighted by molar-refractivity contribution is -0.137. The van der Waals surface area contributed by atoms with Crippen LogP contribution in [-0.4, -0.2) is 11.0 Å². The first-order valence-electron chi connectivity index (χ1n) is 7.17. The van der Waals surface area contributed by atoms with Crippen molar-refractivity contribution >= 4 is 46.6 Å². The summed E-state index contributed by atoms with van der Waals surface area (Å²) in [5.41, 5.74) is -1.14. The maximum atomic E-state index is 13.5. The minimum Gasteiger partial charge on any atom is -0.327 e. The van der Waals surface area contributed by atoms with E-state index in [2.05, 4.69) is 5.32 Å². The number of anilines is 1. The van der Waals surface area contributed by atoms with Crippen LogP contribution in [0, 0.1) is 5.82 Å². The molecule has 1 heterocycles. The predicted molar refractivity (Wildman–Crippen MR) is 94.1 cm³/mol. The molecule has 2 aromatic carbocycles. The van der Waals surface area contributed by atoms with Crippen LogP contribution in [0.2, 0.25) is 5.02 Å². The third-order valence-electron chi connectivity index (χ3n) is 3.58. The van der Waals surface area contributed by atoms with Gasteiger partial charge in [-0.1, -0.05) is 29.8 Å². The van der Waals surface area contributed by atoms with Crippen molar-refractivity contribution in [2.45, 2.75) is 6.18 Å². The number of nitrogens with one attached hydrogen (secondary N) is 1. The highest BCUT2D eigenvalue weighted by molar-refractivity contribution is 7.80. The zero-order chi connectivity index (χ0) is 19.1. The zero-order valence-corrected chi connectivity index (χ0v) is 14.3. The SMILES string of the molecule is O=C1/C(=C/c2ccc(Cl)c(F)c2)NC(=S)N1c1ccccc1C(F)(F)F. The Morgan fingerprint density at radius 2 is 1.85 bits per heavy atom. The average molecular weight is 401 g/mol. The van der Waals surface area contributed by atoms with Gasteiger partial charge >= 0.3 is 6.18 Å². The lowest BCUT2D eigenvalue weighted by Gasteiger charge is -2.19. The lowest BCUT2D eigenvalue weighted by atomic mass is 10.1. The van der Waals surface area contributed by atoms with Crippen LogP contribution in [0.5, 0.6) is 0 Å². The molecule has 1 aliphatic heterocycles. The van der Waals surface area contributed by atoms with Gasteiger partial charge < -0.3 is 5.32 Å². The smallest absolute Gasteiger partial charge is 0.327 e. The van der Waals surface area contributed by atoms with E-state index in [1.54, 1.807) is 0 Å². The minimum atomic E-state index is -4.65. The summed E-state index contributed by atoms with van der Waals surface area (Å²) >= 11 is 10.6. The molecule has 0 aliphatic carbocycles. The van der Waals surface area contributed by atoms with E-state index in [-0.39, 0.29) is 21.5 Å². The Hall–Kier alpha value is -2.45. The van der Waals surface area contributed by atoms with Crippen LogP contribution >= 0.6 is 23.8 Å². The Kier molecular flexibility index (Phi) is 4.72. The van der Waals surface area contributed by atoms with Crippen molar-refractivity contribution in [1.82, 2.24) is 5.32 Å². The van der Waals surface area contributed by atoms with Gasteiger partial charge in [0.25, 0.3) is 5.91 Å². The molecule has 0 unspecified atom stereocenters. The summed E-state index contributed by atoms with van der Waals surface area (Å²) in [6.45, 7) is 0. The maximum Gasteiger partial charge on any atom is 0.418 e. The first kappa shape index (κ1) is 18.3. The summed E-state index contributed by atoms with van der Waals surface area (Å²) in [4.78, 5) is 13.3. The van der Waals surface area contributed by atoms with E-state index in [0.717, 1.165) is 23.1 Å². The first-order valence-corrected chi connectivity index (χ1v) is 7.95. The maximum absolute atomic E-state index is 13.5. The van der Waals surface area contributed by atoms with Crippen molar-refractivity contribution < 1.29 is 22.4 Å². The number of alkyl halides is 3. The second kappa shape index (κ2) is 6.69. The van der Waals surface area contributed by atoms with Crippen LogP contribution < -0.4 is 10.2 Å². The molecule has 3 rings (SSSR count). The first-order chi connectivity index (χ1) is 12.2. The zero-order valence-electron chi connectivity index (χ0n) is 12.8. The van der Waals surface area contributed by atoms with E-state index in [9.17, 15) is 22.4 Å². The molecule has 0 aromatic heterocycles. The molecule has 134 valence electrons. The predicted octanol–water partition coefficient (Wildman–Crippen LogP) is 4.76. The summed E-state index contributed by atoms with van der Waals surface area (Å²) in [5.74, 6) is -1.46. The van der Waals surface area contributed by atoms with Crippen LogP contribution in [0.1, 0.15) is 11.1 Å². The molecule has 9 heteroatoms. The van der Waals surface area contributed by atoms with Crippen LogP contribution in [-0.2, 0) is 11.0 Å². The van der Waals surface area contributed by atoms with E-state index < -0.39 is 23.5 Å². The van der Waals surface area contributed by atoms with Crippen molar-refractivity contribution in [3.63, 3.8) is 0 Å². The highest BCUT2D eigenvalue weighted by atomic mass is 35.5.